The lowest BCUT2D eigenvalue weighted by Gasteiger charge is -2.34. The first kappa shape index (κ1) is 27.3. The van der Waals surface area contributed by atoms with Crippen LogP contribution < -0.4 is 4.90 Å². The fraction of sp³-hybridized carbons (Fsp3) is 0.480. The first-order valence-electron chi connectivity index (χ1n) is 12.2. The maximum Gasteiger partial charge on any atom is 0.328 e. The monoisotopic (exact) mass is 515 g/mol. The van der Waals surface area contributed by atoms with Crippen LogP contribution in [0, 0.1) is 0 Å². The molecule has 0 radical (unpaired) electrons. The number of aromatic nitrogens is 2. The van der Waals surface area contributed by atoms with Gasteiger partial charge in [-0.1, -0.05) is 6.42 Å². The van der Waals surface area contributed by atoms with Crippen molar-refractivity contribution in [1.82, 2.24) is 19.8 Å². The number of anilines is 1. The van der Waals surface area contributed by atoms with Crippen LogP contribution in [0.3, 0.4) is 0 Å². The molecule has 2 aliphatic rings. The summed E-state index contributed by atoms with van der Waals surface area (Å²) in [6.45, 7) is 7.08. The van der Waals surface area contributed by atoms with Gasteiger partial charge in [-0.3, -0.25) is 9.69 Å². The molecule has 0 aliphatic carbocycles. The van der Waals surface area contributed by atoms with Crippen LogP contribution in [-0.2, 0) is 16.0 Å². The Hall–Kier alpha value is -3.31. The van der Waals surface area contributed by atoms with Crippen LogP contribution in [0.25, 0.3) is 0 Å². The number of carbonyl (C=O) groups is 3. The molecule has 2 aromatic heterocycles. The Morgan fingerprint density at radius 3 is 2.28 bits per heavy atom. The molecule has 0 bridgehead atoms. The predicted molar refractivity (Wildman–Crippen MR) is 137 cm³/mol. The van der Waals surface area contributed by atoms with E-state index in [1.165, 1.54) is 17.7 Å². The zero-order valence-corrected chi connectivity index (χ0v) is 21.1. The van der Waals surface area contributed by atoms with Crippen LogP contribution in [-0.4, -0.2) is 93.6 Å². The van der Waals surface area contributed by atoms with Crippen molar-refractivity contribution in [3.63, 3.8) is 0 Å². The van der Waals surface area contributed by atoms with Crippen LogP contribution in [0.2, 0.25) is 0 Å². The Balaban J connectivity index is 0.000000392. The molecule has 2 N–H and O–H groups in total. The summed E-state index contributed by atoms with van der Waals surface area (Å²) in [4.78, 5) is 48.6. The summed E-state index contributed by atoms with van der Waals surface area (Å²) < 4.78 is 0. The topological polar surface area (TPSA) is 127 Å². The largest absolute Gasteiger partial charge is 0.478 e. The molecule has 0 spiro atoms. The van der Waals surface area contributed by atoms with Gasteiger partial charge in [-0.05, 0) is 49.7 Å². The summed E-state index contributed by atoms with van der Waals surface area (Å²) in [6, 6.07) is 3.86. The van der Waals surface area contributed by atoms with E-state index in [1.807, 2.05) is 24.5 Å². The number of nitrogens with zero attached hydrogens (tertiary/aromatic N) is 5. The first-order valence-corrected chi connectivity index (χ1v) is 13.1. The summed E-state index contributed by atoms with van der Waals surface area (Å²) >= 11 is 1.73. The van der Waals surface area contributed by atoms with Gasteiger partial charge in [-0.15, -0.1) is 11.3 Å². The van der Waals surface area contributed by atoms with Crippen molar-refractivity contribution < 1.29 is 24.6 Å². The smallest absolute Gasteiger partial charge is 0.328 e. The van der Waals surface area contributed by atoms with Gasteiger partial charge in [-0.2, -0.15) is 0 Å². The number of piperazine rings is 1. The van der Waals surface area contributed by atoms with Gasteiger partial charge in [0, 0.05) is 68.7 Å². The highest BCUT2D eigenvalue weighted by Gasteiger charge is 2.23. The van der Waals surface area contributed by atoms with Crippen molar-refractivity contribution in [2.75, 3.05) is 50.7 Å². The number of rotatable bonds is 9. The highest BCUT2D eigenvalue weighted by Crippen LogP contribution is 2.24. The van der Waals surface area contributed by atoms with E-state index in [-0.39, 0.29) is 5.91 Å². The van der Waals surface area contributed by atoms with Gasteiger partial charge in [0.15, 0.2) is 0 Å². The SMILES string of the molecule is O=C(O)/C=C/C(=O)O.O=C1c2ccsc2CCCN1CCCCCN1CCN(c2ncccn2)CC1. The highest BCUT2D eigenvalue weighted by molar-refractivity contribution is 7.10. The molecule has 0 atom stereocenters. The van der Waals surface area contributed by atoms with Crippen LogP contribution in [0.1, 0.15) is 40.9 Å². The van der Waals surface area contributed by atoms with Gasteiger partial charge in [0.25, 0.3) is 5.91 Å². The minimum atomic E-state index is -1.26. The minimum Gasteiger partial charge on any atom is -0.478 e. The van der Waals surface area contributed by atoms with Gasteiger partial charge >= 0.3 is 11.9 Å². The molecule has 0 aromatic carbocycles. The van der Waals surface area contributed by atoms with E-state index in [9.17, 15) is 14.4 Å². The second kappa shape index (κ2) is 14.3. The zero-order valence-electron chi connectivity index (χ0n) is 20.3. The van der Waals surface area contributed by atoms with Gasteiger partial charge < -0.3 is 20.0 Å². The van der Waals surface area contributed by atoms with Crippen molar-refractivity contribution in [3.8, 4) is 0 Å². The molecule has 2 aromatic rings. The second-order valence-corrected chi connectivity index (χ2v) is 9.60. The number of unbranched alkanes of at least 4 members (excludes halogenated alkanes) is 2. The van der Waals surface area contributed by atoms with E-state index in [0.29, 0.717) is 12.2 Å². The Bertz CT molecular complexity index is 1000. The first-order chi connectivity index (χ1) is 17.4. The van der Waals surface area contributed by atoms with E-state index < -0.39 is 11.9 Å². The van der Waals surface area contributed by atoms with Crippen molar-refractivity contribution in [2.45, 2.75) is 32.1 Å². The maximum atomic E-state index is 12.7. The number of carboxylic acid groups (broad SMARTS) is 2. The van der Waals surface area contributed by atoms with Gasteiger partial charge in [-0.25, -0.2) is 19.6 Å². The van der Waals surface area contributed by atoms with Gasteiger partial charge in [0.1, 0.15) is 0 Å². The average molecular weight is 516 g/mol. The van der Waals surface area contributed by atoms with E-state index in [2.05, 4.69) is 30.0 Å². The lowest BCUT2D eigenvalue weighted by atomic mass is 10.2. The highest BCUT2D eigenvalue weighted by atomic mass is 32.1. The van der Waals surface area contributed by atoms with E-state index in [4.69, 9.17) is 10.2 Å². The van der Waals surface area contributed by atoms with Crippen molar-refractivity contribution >= 4 is 35.1 Å². The molecular weight excluding hydrogens is 482 g/mol. The molecule has 2 aliphatic heterocycles. The van der Waals surface area contributed by atoms with Crippen LogP contribution >= 0.6 is 11.3 Å². The van der Waals surface area contributed by atoms with E-state index >= 15 is 0 Å². The van der Waals surface area contributed by atoms with E-state index in [0.717, 1.165) is 76.6 Å². The molecule has 0 unspecified atom stereocenters. The molecule has 11 heteroatoms. The lowest BCUT2D eigenvalue weighted by Crippen LogP contribution is -2.47. The molecule has 194 valence electrons. The molecule has 4 rings (SSSR count). The van der Waals surface area contributed by atoms with Crippen molar-refractivity contribution in [3.05, 3.63) is 52.5 Å². The molecule has 1 saturated heterocycles. The van der Waals surface area contributed by atoms with E-state index in [1.54, 1.807) is 11.3 Å². The third-order valence-corrected chi connectivity index (χ3v) is 7.05. The summed E-state index contributed by atoms with van der Waals surface area (Å²) in [6.07, 6.45) is 10.4. The summed E-state index contributed by atoms with van der Waals surface area (Å²) in [5, 5.41) is 17.7. The Morgan fingerprint density at radius 2 is 1.61 bits per heavy atom. The number of carbonyl (C=O) groups excluding carboxylic acids is 1. The molecule has 1 fully saturated rings. The number of aliphatic carboxylic acids is 2. The van der Waals surface area contributed by atoms with Crippen LogP contribution in [0.5, 0.6) is 0 Å². The molecule has 10 nitrogen and oxygen atoms in total. The number of amides is 1. The molecule has 0 saturated carbocycles. The Morgan fingerprint density at radius 1 is 0.944 bits per heavy atom. The summed E-state index contributed by atoms with van der Waals surface area (Å²) in [5.41, 5.74) is 0.947. The van der Waals surface area contributed by atoms with Gasteiger partial charge in [0.2, 0.25) is 5.95 Å². The molecule has 1 amide bonds. The quantitative estimate of drug-likeness (QED) is 0.383. The third-order valence-electron chi connectivity index (χ3n) is 6.07. The molecule has 36 heavy (non-hydrogen) atoms. The molecular formula is C25H33N5O5S. The van der Waals surface area contributed by atoms with Crippen LogP contribution in [0.15, 0.2) is 42.1 Å². The third kappa shape index (κ3) is 8.72. The predicted octanol–water partition coefficient (Wildman–Crippen LogP) is 2.63. The van der Waals surface area contributed by atoms with Crippen molar-refractivity contribution in [1.29, 1.82) is 0 Å². The fourth-order valence-electron chi connectivity index (χ4n) is 4.22. The summed E-state index contributed by atoms with van der Waals surface area (Å²) in [7, 11) is 0. The Labute approximate surface area is 214 Å². The average Bonchev–Trinajstić information content (AvgIpc) is 3.30. The number of aryl methyl sites for hydroxylation is 1. The number of carboxylic acids is 2. The number of hydrogen-bond donors (Lipinski definition) is 2. The lowest BCUT2D eigenvalue weighted by molar-refractivity contribution is -0.134. The maximum absolute atomic E-state index is 12.7. The number of thiophene rings is 1. The summed E-state index contributed by atoms with van der Waals surface area (Å²) in [5.74, 6) is -1.43. The Kier molecular flexibility index (Phi) is 10.8. The minimum absolute atomic E-state index is 0.244. The standard InChI is InChI=1S/C21H29N5OS.C4H4O4/c27-20-18-7-17-28-19(18)6-4-12-25(20)11-3-1-2-10-24-13-15-26(16-14-24)21-22-8-5-9-23-21;5-3(6)1-2-4(7)8/h5,7-9,17H,1-4,6,10-16H2;1-2H,(H,5,6)(H,7,8)/b;2-1+. The second-order valence-electron chi connectivity index (χ2n) is 8.60. The van der Waals surface area contributed by atoms with Crippen molar-refractivity contribution in [2.24, 2.45) is 0 Å². The number of hydrogen-bond acceptors (Lipinski definition) is 8. The zero-order chi connectivity index (χ0) is 25.8. The number of fused-ring (bicyclic) bond motifs is 1. The normalized spacial score (nSPS) is 16.3. The molecule has 4 heterocycles. The van der Waals surface area contributed by atoms with Crippen LogP contribution in [0.4, 0.5) is 5.95 Å². The fourth-order valence-corrected chi connectivity index (χ4v) is 5.14. The van der Waals surface area contributed by atoms with Gasteiger partial charge in [0.05, 0.1) is 5.56 Å².